The van der Waals surface area contributed by atoms with E-state index >= 15 is 0 Å². The van der Waals surface area contributed by atoms with Crippen molar-refractivity contribution in [2.45, 2.75) is 39.1 Å². The van der Waals surface area contributed by atoms with Crippen molar-refractivity contribution in [3.8, 4) is 17.5 Å². The number of hydrogen-bond donors (Lipinski definition) is 3. The molecule has 0 spiro atoms. The average molecular weight is 642 g/mol. The summed E-state index contributed by atoms with van der Waals surface area (Å²) in [4.78, 5) is 41.7. The first-order valence-electron chi connectivity index (χ1n) is 14.7. The van der Waals surface area contributed by atoms with Crippen LogP contribution in [0.1, 0.15) is 29.4 Å². The predicted octanol–water partition coefficient (Wildman–Crippen LogP) is 5.44. The minimum atomic E-state index is -0.123. The number of anilines is 2. The largest absolute Gasteiger partial charge is 0.484 e. The molecule has 2 amide bonds. The Morgan fingerprint density at radius 1 is 0.848 bits per heavy atom. The molecule has 8 rings (SSSR count). The van der Waals surface area contributed by atoms with E-state index in [9.17, 15) is 9.59 Å². The molecule has 0 atom stereocenters. The molecule has 0 bridgehead atoms. The number of thioether (sulfide) groups is 1. The molecule has 3 N–H and O–H groups in total. The molecule has 3 aliphatic heterocycles. The molecular formula is C33H35N7O5S. The Balaban J connectivity index is 0.000000121. The molecule has 5 aromatic heterocycles. The number of hydrogen-bond acceptors (Lipinski definition) is 10. The Kier molecular flexibility index (Phi) is 10.7. The third kappa shape index (κ3) is 8.72. The lowest BCUT2D eigenvalue weighted by Gasteiger charge is -2.16. The number of pyridine rings is 4. The zero-order valence-electron chi connectivity index (χ0n) is 26.0. The van der Waals surface area contributed by atoms with Crippen molar-refractivity contribution < 1.29 is 23.8 Å². The fourth-order valence-corrected chi connectivity index (χ4v) is 5.15. The first kappa shape index (κ1) is 32.2. The second-order valence-corrected chi connectivity index (χ2v) is 11.4. The molecule has 5 aromatic rings. The van der Waals surface area contributed by atoms with E-state index in [1.54, 1.807) is 12.4 Å². The Hall–Kier alpha value is -5.17. The van der Waals surface area contributed by atoms with Gasteiger partial charge in [-0.2, -0.15) is 0 Å². The standard InChI is InChI=1S/C9H10N2O2.C8H8N2OS.C8H8N2.C8H9NO2/c1-2-6-3-7-9(10-4-6)13-5-8(12)11-7;1-5-2-6-8(9-3-5)12-4-7(11)10-6;1-6-5-7-3-2-4-9-8(7)10-6;1-6-2-3-7-8(9-6)11-5-4-10-7/h3-4H,2,5H2,1H3,(H,11,12);2-3H,4H2,1H3,(H,10,11);2-5H,1H3,(H,9,10);2-3H,4-5H2,1H3. The number of amides is 2. The van der Waals surface area contributed by atoms with Crippen LogP contribution in [0.5, 0.6) is 17.5 Å². The highest BCUT2D eigenvalue weighted by Crippen LogP contribution is 2.29. The molecular weight excluding hydrogens is 606 g/mol. The molecule has 238 valence electrons. The average Bonchev–Trinajstić information content (AvgIpc) is 3.45. The number of nitrogens with one attached hydrogen (secondary N) is 3. The first-order valence-corrected chi connectivity index (χ1v) is 15.7. The summed E-state index contributed by atoms with van der Waals surface area (Å²) in [6.07, 6.45) is 6.26. The molecule has 46 heavy (non-hydrogen) atoms. The number of ether oxygens (including phenoxy) is 3. The Morgan fingerprint density at radius 2 is 1.67 bits per heavy atom. The summed E-state index contributed by atoms with van der Waals surface area (Å²) in [7, 11) is 0. The summed E-state index contributed by atoms with van der Waals surface area (Å²) in [6.45, 7) is 9.24. The Morgan fingerprint density at radius 3 is 2.50 bits per heavy atom. The normalized spacial score (nSPS) is 13.8. The van der Waals surface area contributed by atoms with Crippen LogP contribution in [0.4, 0.5) is 11.4 Å². The zero-order valence-corrected chi connectivity index (χ0v) is 26.9. The maximum absolute atomic E-state index is 11.0. The summed E-state index contributed by atoms with van der Waals surface area (Å²) in [5, 5.41) is 7.58. The molecule has 0 aromatic carbocycles. The van der Waals surface area contributed by atoms with E-state index in [1.807, 2.05) is 70.3 Å². The Labute approximate surface area is 270 Å². The van der Waals surface area contributed by atoms with Crippen LogP contribution in [0, 0.1) is 20.8 Å². The summed E-state index contributed by atoms with van der Waals surface area (Å²) in [6, 6.07) is 13.7. The second-order valence-electron chi connectivity index (χ2n) is 10.4. The molecule has 8 heterocycles. The van der Waals surface area contributed by atoms with Crippen molar-refractivity contribution in [3.63, 3.8) is 0 Å². The number of H-pyrrole nitrogens is 1. The lowest BCUT2D eigenvalue weighted by Crippen LogP contribution is -2.26. The number of fused-ring (bicyclic) bond motifs is 4. The molecule has 0 saturated heterocycles. The number of aromatic nitrogens is 5. The van der Waals surface area contributed by atoms with Crippen molar-refractivity contribution >= 4 is 46.0 Å². The summed E-state index contributed by atoms with van der Waals surface area (Å²) in [5.74, 6) is 2.29. The molecule has 0 fully saturated rings. The van der Waals surface area contributed by atoms with Crippen LogP contribution in [-0.2, 0) is 16.0 Å². The van der Waals surface area contributed by atoms with E-state index in [2.05, 4.69) is 41.6 Å². The third-order valence-corrected chi connectivity index (χ3v) is 7.61. The zero-order chi connectivity index (χ0) is 32.5. The number of aromatic amines is 1. The first-order chi connectivity index (χ1) is 22.3. The van der Waals surface area contributed by atoms with Gasteiger partial charge in [-0.3, -0.25) is 9.59 Å². The van der Waals surface area contributed by atoms with E-state index in [0.29, 0.717) is 36.4 Å². The lowest BCUT2D eigenvalue weighted by atomic mass is 10.2. The Bertz CT molecular complexity index is 1810. The van der Waals surface area contributed by atoms with Crippen LogP contribution in [0.3, 0.4) is 0 Å². The van der Waals surface area contributed by atoms with Gasteiger partial charge in [0.25, 0.3) is 11.8 Å². The van der Waals surface area contributed by atoms with Crippen LogP contribution >= 0.6 is 11.8 Å². The van der Waals surface area contributed by atoms with Gasteiger partial charge in [-0.15, -0.1) is 0 Å². The van der Waals surface area contributed by atoms with E-state index in [-0.39, 0.29) is 18.4 Å². The highest BCUT2D eigenvalue weighted by molar-refractivity contribution is 8.00. The van der Waals surface area contributed by atoms with Crippen LogP contribution in [0.25, 0.3) is 11.0 Å². The molecule has 3 aliphatic rings. The van der Waals surface area contributed by atoms with Crippen LogP contribution in [0.15, 0.2) is 66.1 Å². The van der Waals surface area contributed by atoms with E-state index in [4.69, 9.17) is 14.2 Å². The number of carbonyl (C=O) groups excluding carboxylic acids is 2. The van der Waals surface area contributed by atoms with Gasteiger partial charge in [0, 0.05) is 35.4 Å². The number of rotatable bonds is 1. The maximum Gasteiger partial charge on any atom is 0.262 e. The van der Waals surface area contributed by atoms with Gasteiger partial charge in [-0.05, 0) is 80.8 Å². The summed E-state index contributed by atoms with van der Waals surface area (Å²) >= 11 is 1.48. The van der Waals surface area contributed by atoms with Crippen LogP contribution in [-0.4, -0.2) is 62.3 Å². The van der Waals surface area contributed by atoms with Crippen molar-refractivity contribution in [2.75, 3.05) is 36.2 Å². The quantitative estimate of drug-likeness (QED) is 0.216. The van der Waals surface area contributed by atoms with Crippen molar-refractivity contribution in [3.05, 3.63) is 83.6 Å². The minimum absolute atomic E-state index is 0.0555. The molecule has 0 radical (unpaired) electrons. The highest BCUT2D eigenvalue weighted by Gasteiger charge is 2.17. The lowest BCUT2D eigenvalue weighted by molar-refractivity contribution is -0.118. The molecule has 12 nitrogen and oxygen atoms in total. The second kappa shape index (κ2) is 15.2. The summed E-state index contributed by atoms with van der Waals surface area (Å²) in [5.41, 5.74) is 6.76. The van der Waals surface area contributed by atoms with Crippen molar-refractivity contribution in [2.24, 2.45) is 0 Å². The predicted molar refractivity (Wildman–Crippen MR) is 177 cm³/mol. The fraction of sp³-hybridized carbons (Fsp3) is 0.273. The molecule has 0 unspecified atom stereocenters. The van der Waals surface area contributed by atoms with Gasteiger partial charge in [-0.25, -0.2) is 19.9 Å². The van der Waals surface area contributed by atoms with E-state index in [0.717, 1.165) is 51.0 Å². The van der Waals surface area contributed by atoms with E-state index in [1.165, 1.54) is 17.1 Å². The fourth-order valence-electron chi connectivity index (χ4n) is 4.41. The monoisotopic (exact) mass is 641 g/mol. The van der Waals surface area contributed by atoms with Crippen LogP contribution in [0.2, 0.25) is 0 Å². The maximum atomic E-state index is 11.0. The minimum Gasteiger partial charge on any atom is -0.484 e. The molecule has 0 aliphatic carbocycles. The van der Waals surface area contributed by atoms with Gasteiger partial charge in [0.2, 0.25) is 11.8 Å². The number of aryl methyl sites for hydroxylation is 4. The molecule has 0 saturated carbocycles. The topological polar surface area (TPSA) is 153 Å². The van der Waals surface area contributed by atoms with Gasteiger partial charge in [0.1, 0.15) is 29.6 Å². The van der Waals surface area contributed by atoms with E-state index < -0.39 is 0 Å². The van der Waals surface area contributed by atoms with Gasteiger partial charge < -0.3 is 29.8 Å². The third-order valence-electron chi connectivity index (χ3n) is 6.60. The van der Waals surface area contributed by atoms with Gasteiger partial charge >= 0.3 is 0 Å². The van der Waals surface area contributed by atoms with Gasteiger partial charge in [0.05, 0.1) is 11.4 Å². The van der Waals surface area contributed by atoms with Crippen molar-refractivity contribution in [1.82, 2.24) is 24.9 Å². The number of carbonyl (C=O) groups is 2. The molecule has 13 heteroatoms. The van der Waals surface area contributed by atoms with Crippen molar-refractivity contribution in [1.29, 1.82) is 0 Å². The van der Waals surface area contributed by atoms with Gasteiger partial charge in [-0.1, -0.05) is 18.7 Å². The highest BCUT2D eigenvalue weighted by atomic mass is 32.2. The smallest absolute Gasteiger partial charge is 0.262 e. The van der Waals surface area contributed by atoms with Gasteiger partial charge in [0.15, 0.2) is 12.4 Å². The SMILES string of the molecule is CCc1cnc2c(c1)NC(=O)CO2.Cc1cc2cccnc2[nH]1.Cc1ccc2c(n1)OCCO2.Cc1cnc2c(c1)NC(=O)CS2. The van der Waals surface area contributed by atoms with Crippen LogP contribution < -0.4 is 24.8 Å². The number of nitrogens with zero attached hydrogens (tertiary/aromatic N) is 4. The summed E-state index contributed by atoms with van der Waals surface area (Å²) < 4.78 is 15.7.